The summed E-state index contributed by atoms with van der Waals surface area (Å²) >= 11 is 11.9. The maximum Gasteiger partial charge on any atom is 0.257 e. The van der Waals surface area contributed by atoms with Crippen molar-refractivity contribution < 1.29 is 9.59 Å². The van der Waals surface area contributed by atoms with Crippen LogP contribution in [0.3, 0.4) is 0 Å². The molecule has 1 aromatic carbocycles. The first-order valence-corrected chi connectivity index (χ1v) is 5.19. The summed E-state index contributed by atoms with van der Waals surface area (Å²) in [5.41, 5.74) is 0.368. The molecule has 16 heavy (non-hydrogen) atoms. The Bertz CT molecular complexity index is 491. The van der Waals surface area contributed by atoms with Crippen LogP contribution in [0.5, 0.6) is 0 Å². The predicted octanol–water partition coefficient (Wildman–Crippen LogP) is 1.79. The molecule has 0 unspecified atom stereocenters. The molecule has 1 heterocycles. The molecule has 1 aromatic rings. The van der Waals surface area contributed by atoms with Crippen LogP contribution in [0.1, 0.15) is 12.0 Å². The van der Waals surface area contributed by atoms with Crippen molar-refractivity contribution in [2.24, 2.45) is 4.99 Å². The van der Waals surface area contributed by atoms with Crippen LogP contribution in [0.2, 0.25) is 10.0 Å². The molecule has 0 fully saturated rings. The molecule has 1 N–H and O–H groups in total. The summed E-state index contributed by atoms with van der Waals surface area (Å²) in [5, 5.41) is 3.14. The van der Waals surface area contributed by atoms with Crippen LogP contribution in [0.15, 0.2) is 23.2 Å². The normalized spacial score (nSPS) is 15.8. The molecule has 0 spiro atoms. The Balaban J connectivity index is 2.52. The smallest absolute Gasteiger partial charge is 0.257 e. The van der Waals surface area contributed by atoms with Crippen LogP contribution in [-0.2, 0) is 9.59 Å². The Hall–Kier alpha value is -1.39. The van der Waals surface area contributed by atoms with Crippen molar-refractivity contribution >= 4 is 40.9 Å². The molecule has 0 saturated carbocycles. The first-order chi connectivity index (χ1) is 7.58. The highest BCUT2D eigenvalue weighted by molar-refractivity contribution is 6.41. The lowest BCUT2D eigenvalue weighted by Crippen LogP contribution is -2.37. The van der Waals surface area contributed by atoms with Gasteiger partial charge in [-0.15, -0.1) is 0 Å². The van der Waals surface area contributed by atoms with Gasteiger partial charge in [-0.25, -0.2) is 0 Å². The second-order valence-electron chi connectivity index (χ2n) is 3.18. The summed E-state index contributed by atoms with van der Waals surface area (Å²) in [6.07, 6.45) is -0.244. The molecule has 2 amide bonds. The van der Waals surface area contributed by atoms with E-state index < -0.39 is 11.8 Å². The third-order valence-corrected chi connectivity index (χ3v) is 2.64. The van der Waals surface area contributed by atoms with E-state index in [2.05, 4.69) is 10.3 Å². The summed E-state index contributed by atoms with van der Waals surface area (Å²) in [6.45, 7) is 0. The summed E-state index contributed by atoms with van der Waals surface area (Å²) in [7, 11) is 0. The molecule has 0 bridgehead atoms. The Morgan fingerprint density at radius 3 is 2.38 bits per heavy atom. The van der Waals surface area contributed by atoms with Crippen LogP contribution < -0.4 is 5.32 Å². The van der Waals surface area contributed by atoms with E-state index in [-0.39, 0.29) is 12.3 Å². The number of hydrogen-bond donors (Lipinski definition) is 1. The highest BCUT2D eigenvalue weighted by atomic mass is 35.5. The van der Waals surface area contributed by atoms with E-state index in [1.807, 2.05) is 0 Å². The third-order valence-electron chi connectivity index (χ3n) is 2.01. The Morgan fingerprint density at radius 2 is 1.81 bits per heavy atom. The molecule has 82 valence electrons. The lowest BCUT2D eigenvalue weighted by molar-refractivity contribution is -0.127. The maximum absolute atomic E-state index is 11.2. The van der Waals surface area contributed by atoms with E-state index in [0.717, 1.165) is 0 Å². The van der Waals surface area contributed by atoms with Gasteiger partial charge < -0.3 is 5.32 Å². The van der Waals surface area contributed by atoms with Crippen molar-refractivity contribution in [2.75, 3.05) is 0 Å². The van der Waals surface area contributed by atoms with Gasteiger partial charge >= 0.3 is 0 Å². The molecule has 1 aliphatic heterocycles. The number of nitrogens with one attached hydrogen (secondary N) is 1. The van der Waals surface area contributed by atoms with E-state index in [4.69, 9.17) is 23.2 Å². The Labute approximate surface area is 101 Å². The van der Waals surface area contributed by atoms with Gasteiger partial charge in [0.05, 0.1) is 15.6 Å². The second kappa shape index (κ2) is 4.23. The molecule has 0 atom stereocenters. The monoisotopic (exact) mass is 256 g/mol. The number of rotatable bonds is 1. The number of hydrogen-bond acceptors (Lipinski definition) is 2. The van der Waals surface area contributed by atoms with Gasteiger partial charge in [-0.2, -0.15) is 4.99 Å². The Kier molecular flexibility index (Phi) is 2.94. The maximum atomic E-state index is 11.2. The predicted molar refractivity (Wildman–Crippen MR) is 60.8 cm³/mol. The molecule has 4 nitrogen and oxygen atoms in total. The minimum atomic E-state index is -0.505. The van der Waals surface area contributed by atoms with Gasteiger partial charge in [0.25, 0.3) is 5.91 Å². The van der Waals surface area contributed by atoms with E-state index >= 15 is 0 Å². The number of nitrogens with zero attached hydrogens (tertiary/aromatic N) is 1. The number of benzene rings is 1. The molecule has 0 radical (unpaired) electrons. The zero-order valence-electron chi connectivity index (χ0n) is 7.96. The van der Waals surface area contributed by atoms with E-state index in [1.54, 1.807) is 18.2 Å². The average Bonchev–Trinajstić information content (AvgIpc) is 2.15. The lowest BCUT2D eigenvalue weighted by atomic mass is 10.1. The van der Waals surface area contributed by atoms with Gasteiger partial charge in [0, 0.05) is 0 Å². The fraction of sp³-hybridized carbons (Fsp3) is 0.100. The summed E-state index contributed by atoms with van der Waals surface area (Å²) < 4.78 is 0. The van der Waals surface area contributed by atoms with Crippen LogP contribution in [-0.4, -0.2) is 17.6 Å². The van der Waals surface area contributed by atoms with Gasteiger partial charge in [-0.05, 0) is 12.1 Å². The van der Waals surface area contributed by atoms with Crippen LogP contribution in [0.25, 0.3) is 0 Å². The van der Waals surface area contributed by atoms with Crippen LogP contribution in [0, 0.1) is 0 Å². The van der Waals surface area contributed by atoms with E-state index in [0.29, 0.717) is 15.6 Å². The van der Waals surface area contributed by atoms with Crippen LogP contribution >= 0.6 is 23.2 Å². The second-order valence-corrected chi connectivity index (χ2v) is 3.99. The highest BCUT2D eigenvalue weighted by Gasteiger charge is 2.22. The van der Waals surface area contributed by atoms with Gasteiger partial charge in [0.1, 0.15) is 12.3 Å². The molecule has 0 aliphatic carbocycles. The van der Waals surface area contributed by atoms with Crippen molar-refractivity contribution in [3.63, 3.8) is 0 Å². The van der Waals surface area contributed by atoms with Crippen molar-refractivity contribution in [3.8, 4) is 0 Å². The number of aliphatic imine (C=N–C) groups is 1. The summed E-state index contributed by atoms with van der Waals surface area (Å²) in [6, 6.07) is 4.88. The molecular formula is C10H6Cl2N2O2. The number of amidine groups is 1. The number of carbonyl (C=O) groups excluding carboxylic acids is 2. The molecule has 1 aliphatic rings. The third kappa shape index (κ3) is 2.08. The van der Waals surface area contributed by atoms with Crippen molar-refractivity contribution in [2.45, 2.75) is 6.42 Å². The molecule has 0 aromatic heterocycles. The molecular weight excluding hydrogens is 251 g/mol. The largest absolute Gasteiger partial charge is 0.310 e. The highest BCUT2D eigenvalue weighted by Crippen LogP contribution is 2.25. The number of carbonyl (C=O) groups is 2. The quantitative estimate of drug-likeness (QED) is 0.779. The van der Waals surface area contributed by atoms with Crippen LogP contribution in [0.4, 0.5) is 0 Å². The fourth-order valence-electron chi connectivity index (χ4n) is 1.35. The zero-order chi connectivity index (χ0) is 11.7. The van der Waals surface area contributed by atoms with E-state index in [9.17, 15) is 9.59 Å². The zero-order valence-corrected chi connectivity index (χ0v) is 9.47. The topological polar surface area (TPSA) is 58.5 Å². The van der Waals surface area contributed by atoms with Gasteiger partial charge in [-0.3, -0.25) is 9.59 Å². The van der Waals surface area contributed by atoms with Crippen molar-refractivity contribution in [1.29, 1.82) is 0 Å². The molecule has 2 rings (SSSR count). The lowest BCUT2D eigenvalue weighted by Gasteiger charge is -2.14. The Morgan fingerprint density at radius 1 is 1.19 bits per heavy atom. The first kappa shape index (κ1) is 11.1. The minimum Gasteiger partial charge on any atom is -0.310 e. The SMILES string of the molecule is O=C1CC(=O)NC(c2c(Cl)cccc2Cl)=N1. The average molecular weight is 257 g/mol. The number of amides is 2. The minimum absolute atomic E-state index is 0.108. The van der Waals surface area contributed by atoms with Gasteiger partial charge in [0.15, 0.2) is 0 Å². The number of halogens is 2. The van der Waals surface area contributed by atoms with Crippen molar-refractivity contribution in [3.05, 3.63) is 33.8 Å². The first-order valence-electron chi connectivity index (χ1n) is 4.43. The molecule has 6 heteroatoms. The van der Waals surface area contributed by atoms with E-state index in [1.165, 1.54) is 0 Å². The standard InChI is InChI=1S/C10H6Cl2N2O2/c11-5-2-1-3-6(12)9(5)10-13-7(15)4-8(16)14-10/h1-3H,4H2,(H,13,14,15,16). The van der Waals surface area contributed by atoms with Gasteiger partial charge in [-0.1, -0.05) is 29.3 Å². The summed E-state index contributed by atoms with van der Waals surface area (Å²) in [5.74, 6) is -0.808. The fourth-order valence-corrected chi connectivity index (χ4v) is 1.92. The van der Waals surface area contributed by atoms with Gasteiger partial charge in [0.2, 0.25) is 5.91 Å². The van der Waals surface area contributed by atoms with Crippen molar-refractivity contribution in [1.82, 2.24) is 5.32 Å². The molecule has 0 saturated heterocycles. The summed E-state index contributed by atoms with van der Waals surface area (Å²) in [4.78, 5) is 26.0.